The van der Waals surface area contributed by atoms with Gasteiger partial charge in [-0.2, -0.15) is 4.98 Å². The Morgan fingerprint density at radius 3 is 2.95 bits per heavy atom. The summed E-state index contributed by atoms with van der Waals surface area (Å²) in [4.78, 5) is 14.5. The molecule has 1 aliphatic heterocycles. The second kappa shape index (κ2) is 4.49. The fourth-order valence-electron chi connectivity index (χ4n) is 2.84. The molecule has 1 aliphatic carbocycles. The first-order valence-corrected chi connectivity index (χ1v) is 7.94. The third kappa shape index (κ3) is 1.87. The summed E-state index contributed by atoms with van der Waals surface area (Å²) in [5, 5.41) is 0.342. The summed E-state index contributed by atoms with van der Waals surface area (Å²) in [5.74, 6) is 1.99. The Morgan fingerprint density at radius 1 is 1.11 bits per heavy atom. The average Bonchev–Trinajstić information content (AvgIpc) is 3.03. The van der Waals surface area contributed by atoms with Gasteiger partial charge in [0.15, 0.2) is 5.82 Å². The average molecular weight is 293 g/mol. The quantitative estimate of drug-likeness (QED) is 0.758. The van der Waals surface area contributed by atoms with Gasteiger partial charge < -0.3 is 0 Å². The van der Waals surface area contributed by atoms with Crippen LogP contribution in [-0.2, 0) is 19.3 Å². The highest BCUT2D eigenvalue weighted by molar-refractivity contribution is 7.99. The van der Waals surface area contributed by atoms with Crippen LogP contribution < -0.4 is 0 Å². The summed E-state index contributed by atoms with van der Waals surface area (Å²) < 4.78 is 2.12. The summed E-state index contributed by atoms with van der Waals surface area (Å²) >= 11 is 7.88. The minimum Gasteiger partial charge on any atom is -0.286 e. The van der Waals surface area contributed by atoms with Crippen LogP contribution in [0.3, 0.4) is 0 Å². The molecule has 0 unspecified atom stereocenters. The topological polar surface area (TPSA) is 43.6 Å². The molecule has 0 radical (unpaired) electrons. The summed E-state index contributed by atoms with van der Waals surface area (Å²) in [7, 11) is 0. The number of hydrogen-bond acceptors (Lipinski definition) is 4. The number of fused-ring (bicyclic) bond motifs is 2. The molecule has 0 atom stereocenters. The normalized spacial score (nSPS) is 17.3. The van der Waals surface area contributed by atoms with E-state index in [1.54, 1.807) is 0 Å². The molecule has 98 valence electrons. The second-order valence-electron chi connectivity index (χ2n) is 4.91. The largest absolute Gasteiger partial charge is 0.286 e. The molecule has 0 amide bonds. The zero-order valence-corrected chi connectivity index (χ0v) is 12.0. The van der Waals surface area contributed by atoms with Gasteiger partial charge >= 0.3 is 0 Å². The number of aryl methyl sites for hydroxylation is 2. The summed E-state index contributed by atoms with van der Waals surface area (Å²) in [6, 6.07) is 0. The maximum atomic E-state index is 6.06. The first-order valence-electron chi connectivity index (χ1n) is 6.57. The highest BCUT2D eigenvalue weighted by atomic mass is 35.5. The van der Waals surface area contributed by atoms with Gasteiger partial charge in [0.05, 0.1) is 16.3 Å². The molecule has 19 heavy (non-hydrogen) atoms. The van der Waals surface area contributed by atoms with Crippen molar-refractivity contribution in [2.24, 2.45) is 0 Å². The predicted octanol–water partition coefficient (Wildman–Crippen LogP) is 2.84. The van der Waals surface area contributed by atoms with Gasteiger partial charge in [-0.1, -0.05) is 0 Å². The molecule has 4 nitrogen and oxygen atoms in total. The van der Waals surface area contributed by atoms with Crippen LogP contribution in [0, 0.1) is 0 Å². The van der Waals surface area contributed by atoms with E-state index in [0.717, 1.165) is 36.5 Å². The molecule has 0 saturated carbocycles. The maximum absolute atomic E-state index is 6.06. The summed E-state index contributed by atoms with van der Waals surface area (Å²) in [5.41, 5.74) is 3.60. The standard InChI is InChI=1S/C13H13ClN4S/c14-13-16-9-5-6-19-11(9)12(17-13)18-7-15-8-3-1-2-4-10(8)18/h7H,1-6H2. The lowest BCUT2D eigenvalue weighted by molar-refractivity contribution is 0.652. The maximum Gasteiger partial charge on any atom is 0.224 e. The molecule has 2 aromatic heterocycles. The van der Waals surface area contributed by atoms with Crippen molar-refractivity contribution < 1.29 is 0 Å². The number of thioether (sulfide) groups is 1. The van der Waals surface area contributed by atoms with Crippen molar-refractivity contribution in [1.82, 2.24) is 19.5 Å². The van der Waals surface area contributed by atoms with Gasteiger partial charge in [-0.05, 0) is 37.3 Å². The molecule has 0 spiro atoms. The molecule has 4 rings (SSSR count). The van der Waals surface area contributed by atoms with Gasteiger partial charge in [-0.25, -0.2) is 9.97 Å². The van der Waals surface area contributed by atoms with E-state index >= 15 is 0 Å². The van der Waals surface area contributed by atoms with E-state index in [0.29, 0.717) is 5.28 Å². The molecule has 0 bridgehead atoms. The van der Waals surface area contributed by atoms with Crippen molar-refractivity contribution in [3.63, 3.8) is 0 Å². The van der Waals surface area contributed by atoms with Gasteiger partial charge in [0.2, 0.25) is 5.28 Å². The van der Waals surface area contributed by atoms with Crippen LogP contribution in [0.25, 0.3) is 5.82 Å². The fraction of sp³-hybridized carbons (Fsp3) is 0.462. The van der Waals surface area contributed by atoms with E-state index in [-0.39, 0.29) is 0 Å². The van der Waals surface area contributed by atoms with Crippen molar-refractivity contribution >= 4 is 23.4 Å². The van der Waals surface area contributed by atoms with Crippen LogP contribution in [0.4, 0.5) is 0 Å². The Balaban J connectivity index is 1.91. The monoisotopic (exact) mass is 292 g/mol. The highest BCUT2D eigenvalue weighted by Gasteiger charge is 2.24. The Labute approximate surface area is 120 Å². The zero-order chi connectivity index (χ0) is 12.8. The van der Waals surface area contributed by atoms with Crippen LogP contribution in [0.5, 0.6) is 0 Å². The first-order chi connectivity index (χ1) is 9.33. The summed E-state index contributed by atoms with van der Waals surface area (Å²) in [6.45, 7) is 0. The predicted molar refractivity (Wildman–Crippen MR) is 75.2 cm³/mol. The number of nitrogens with zero attached hydrogens (tertiary/aromatic N) is 4. The number of rotatable bonds is 1. The Morgan fingerprint density at radius 2 is 2.00 bits per heavy atom. The van der Waals surface area contributed by atoms with Crippen LogP contribution in [0.2, 0.25) is 5.28 Å². The van der Waals surface area contributed by atoms with Gasteiger partial charge in [0.25, 0.3) is 0 Å². The minimum absolute atomic E-state index is 0.342. The Hall–Kier alpha value is -1.07. The first kappa shape index (κ1) is 11.7. The SMILES string of the molecule is Clc1nc2c(c(-n3cnc4c3CCCC4)n1)SCC2. The van der Waals surface area contributed by atoms with Gasteiger partial charge in [-0.3, -0.25) is 4.57 Å². The Kier molecular flexibility index (Phi) is 2.77. The lowest BCUT2D eigenvalue weighted by Gasteiger charge is -2.15. The molecule has 0 saturated heterocycles. The molecular weight excluding hydrogens is 280 g/mol. The smallest absolute Gasteiger partial charge is 0.224 e. The number of halogens is 1. The van der Waals surface area contributed by atoms with Gasteiger partial charge in [0, 0.05) is 17.9 Å². The molecule has 0 aromatic carbocycles. The van der Waals surface area contributed by atoms with E-state index in [1.165, 1.54) is 29.1 Å². The van der Waals surface area contributed by atoms with Gasteiger partial charge in [-0.15, -0.1) is 11.8 Å². The molecule has 6 heteroatoms. The van der Waals surface area contributed by atoms with Crippen molar-refractivity contribution in [2.45, 2.75) is 37.0 Å². The van der Waals surface area contributed by atoms with Crippen molar-refractivity contribution in [1.29, 1.82) is 0 Å². The summed E-state index contributed by atoms with van der Waals surface area (Å²) in [6.07, 6.45) is 7.50. The van der Waals surface area contributed by atoms with E-state index in [2.05, 4.69) is 19.5 Å². The third-order valence-corrected chi connectivity index (χ3v) is 5.02. The number of aromatic nitrogens is 4. The van der Waals surface area contributed by atoms with E-state index < -0.39 is 0 Å². The second-order valence-corrected chi connectivity index (χ2v) is 6.35. The molecule has 2 aliphatic rings. The van der Waals surface area contributed by atoms with Crippen molar-refractivity contribution in [3.05, 3.63) is 28.7 Å². The van der Waals surface area contributed by atoms with Crippen LogP contribution in [0.1, 0.15) is 29.9 Å². The minimum atomic E-state index is 0.342. The van der Waals surface area contributed by atoms with E-state index in [4.69, 9.17) is 11.6 Å². The van der Waals surface area contributed by atoms with Crippen LogP contribution >= 0.6 is 23.4 Å². The van der Waals surface area contributed by atoms with Crippen LogP contribution in [0.15, 0.2) is 11.2 Å². The molecule has 0 fully saturated rings. The molecule has 0 N–H and O–H groups in total. The third-order valence-electron chi connectivity index (χ3n) is 3.73. The Bertz CT molecular complexity index is 652. The van der Waals surface area contributed by atoms with Crippen LogP contribution in [-0.4, -0.2) is 25.3 Å². The zero-order valence-electron chi connectivity index (χ0n) is 10.4. The highest BCUT2D eigenvalue weighted by Crippen LogP contribution is 2.36. The fourth-order valence-corrected chi connectivity index (χ4v) is 4.11. The molecule has 2 aromatic rings. The van der Waals surface area contributed by atoms with Crippen molar-refractivity contribution in [3.8, 4) is 5.82 Å². The van der Waals surface area contributed by atoms with E-state index in [1.807, 2.05) is 18.1 Å². The van der Waals surface area contributed by atoms with E-state index in [9.17, 15) is 0 Å². The lowest BCUT2D eigenvalue weighted by Crippen LogP contribution is -2.09. The molecular formula is C13H13ClN4S. The van der Waals surface area contributed by atoms with Crippen molar-refractivity contribution in [2.75, 3.05) is 5.75 Å². The number of hydrogen-bond donors (Lipinski definition) is 0. The molecule has 3 heterocycles. The number of imidazole rings is 1. The van der Waals surface area contributed by atoms with Gasteiger partial charge in [0.1, 0.15) is 6.33 Å². The lowest BCUT2D eigenvalue weighted by atomic mass is 10.0.